The molecule has 0 radical (unpaired) electrons. The van der Waals surface area contributed by atoms with Crippen LogP contribution in [-0.2, 0) is 0 Å². The summed E-state index contributed by atoms with van der Waals surface area (Å²) in [6.07, 6.45) is 0. The van der Waals surface area contributed by atoms with Crippen LogP contribution in [0.2, 0.25) is 0 Å². The normalized spacial score (nSPS) is 10.7. The Morgan fingerprint density at radius 1 is 1.17 bits per heavy atom. The Balaban J connectivity index is 2.21. The van der Waals surface area contributed by atoms with Gasteiger partial charge in [-0.2, -0.15) is 4.99 Å². The highest BCUT2D eigenvalue weighted by molar-refractivity contribution is 7.15. The maximum atomic E-state index is 12.1. The third-order valence-electron chi connectivity index (χ3n) is 3.51. The lowest BCUT2D eigenvalue weighted by molar-refractivity contribution is 0.100. The van der Waals surface area contributed by atoms with Gasteiger partial charge in [-0.3, -0.25) is 4.79 Å². The number of nitrogens with zero attached hydrogens (tertiary/aromatic N) is 2. The molecule has 0 aliphatic heterocycles. The molecule has 0 aliphatic carbocycles. The molecule has 0 saturated heterocycles. The Hall–Kier alpha value is -2.73. The van der Waals surface area contributed by atoms with Gasteiger partial charge in [0.25, 0.3) is 5.91 Å². The highest BCUT2D eigenvalue weighted by atomic mass is 32.1. The van der Waals surface area contributed by atoms with E-state index in [2.05, 4.69) is 9.98 Å². The minimum atomic E-state index is -0.445. The molecule has 0 fully saturated rings. The lowest BCUT2D eigenvalue weighted by Gasteiger charge is -2.07. The van der Waals surface area contributed by atoms with E-state index in [1.807, 2.05) is 44.2 Å². The van der Waals surface area contributed by atoms with Crippen molar-refractivity contribution in [1.82, 2.24) is 4.98 Å². The van der Waals surface area contributed by atoms with E-state index in [0.29, 0.717) is 5.56 Å². The van der Waals surface area contributed by atoms with Crippen molar-refractivity contribution in [3.63, 3.8) is 0 Å². The summed E-state index contributed by atoms with van der Waals surface area (Å²) < 4.78 is 0. The van der Waals surface area contributed by atoms with E-state index in [9.17, 15) is 4.79 Å². The number of nitrogens with two attached hydrogens (primary N) is 2. The summed E-state index contributed by atoms with van der Waals surface area (Å²) >= 11 is 1.64. The molecule has 1 aromatic heterocycles. The topological polar surface area (TPSA) is 94.4 Å². The number of hydrogen-bond acceptors (Lipinski definition) is 3. The van der Waals surface area contributed by atoms with Crippen LogP contribution in [0.15, 0.2) is 41.4 Å². The monoisotopic (exact) mass is 324 g/mol. The number of hydrogen-bond donors (Lipinski definition) is 2. The second-order valence-electron chi connectivity index (χ2n) is 5.23. The highest BCUT2D eigenvalue weighted by Crippen LogP contribution is 2.35. The molecule has 23 heavy (non-hydrogen) atoms. The van der Waals surface area contributed by atoms with Gasteiger partial charge in [0.1, 0.15) is 0 Å². The van der Waals surface area contributed by atoms with Crippen molar-refractivity contribution >= 4 is 34.0 Å². The molecular weight excluding hydrogens is 308 g/mol. The van der Waals surface area contributed by atoms with E-state index in [1.54, 1.807) is 17.4 Å². The van der Waals surface area contributed by atoms with Crippen LogP contribution < -0.4 is 11.5 Å². The number of aryl methyl sites for hydroxylation is 2. The number of rotatable bonds is 2. The molecule has 0 atom stereocenters. The van der Waals surface area contributed by atoms with Gasteiger partial charge in [0.2, 0.25) is 0 Å². The van der Waals surface area contributed by atoms with Gasteiger partial charge in [0, 0.05) is 11.1 Å². The zero-order valence-corrected chi connectivity index (χ0v) is 13.6. The molecule has 3 aromatic rings. The lowest BCUT2D eigenvalue weighted by Crippen LogP contribution is -2.24. The fourth-order valence-electron chi connectivity index (χ4n) is 2.57. The van der Waals surface area contributed by atoms with Gasteiger partial charge in [0.15, 0.2) is 5.96 Å². The second kappa shape index (κ2) is 5.81. The molecule has 0 bridgehead atoms. The van der Waals surface area contributed by atoms with Gasteiger partial charge in [-0.05, 0) is 36.8 Å². The van der Waals surface area contributed by atoms with Crippen molar-refractivity contribution in [2.75, 3.05) is 0 Å². The summed E-state index contributed by atoms with van der Waals surface area (Å²) in [6.45, 7) is 3.98. The Bertz CT molecular complexity index is 939. The van der Waals surface area contributed by atoms with E-state index >= 15 is 0 Å². The van der Waals surface area contributed by atoms with Crippen LogP contribution in [0.25, 0.3) is 21.2 Å². The fraction of sp³-hybridized carbons (Fsp3) is 0.118. The maximum absolute atomic E-state index is 12.1. The van der Waals surface area contributed by atoms with Crippen LogP contribution in [0.5, 0.6) is 0 Å². The number of carbonyl (C=O) groups excluding carboxylic acids is 1. The number of benzene rings is 2. The molecule has 1 amide bonds. The number of fused-ring (bicyclic) bond motifs is 1. The summed E-state index contributed by atoms with van der Waals surface area (Å²) in [6, 6.07) is 11.5. The number of amides is 1. The molecule has 0 spiro atoms. The van der Waals surface area contributed by atoms with E-state index in [0.717, 1.165) is 31.9 Å². The van der Waals surface area contributed by atoms with Gasteiger partial charge in [-0.1, -0.05) is 24.3 Å². The number of thiazole rings is 1. The molecule has 5 nitrogen and oxygen atoms in total. The minimum absolute atomic E-state index is 0.239. The zero-order chi connectivity index (χ0) is 16.6. The Labute approximate surface area is 137 Å². The summed E-state index contributed by atoms with van der Waals surface area (Å²) in [5.74, 6) is -0.684. The molecule has 2 aromatic carbocycles. The Kier molecular flexibility index (Phi) is 3.83. The number of aromatic nitrogens is 1. The average molecular weight is 324 g/mol. The van der Waals surface area contributed by atoms with Crippen molar-refractivity contribution in [2.45, 2.75) is 13.8 Å². The number of guanidine groups is 1. The fourth-order valence-corrected chi connectivity index (χ4v) is 3.53. The second-order valence-corrected chi connectivity index (χ2v) is 6.43. The number of carbonyl (C=O) groups is 1. The lowest BCUT2D eigenvalue weighted by atomic mass is 10.00. The molecule has 116 valence electrons. The predicted molar refractivity (Wildman–Crippen MR) is 94.7 cm³/mol. The standard InChI is InChI=1S/C17H16N4OS/c1-9-15(23-10(2)20-9)13-5-3-4-11-6-7-12(8-14(11)13)16(22)21-17(18)19/h3-8H,1-2H3,(H4,18,19,21,22). The Morgan fingerprint density at radius 2 is 1.96 bits per heavy atom. The highest BCUT2D eigenvalue weighted by Gasteiger charge is 2.13. The van der Waals surface area contributed by atoms with E-state index in [1.165, 1.54) is 0 Å². The first kappa shape index (κ1) is 15.2. The first-order valence-corrected chi connectivity index (χ1v) is 7.88. The van der Waals surface area contributed by atoms with Crippen molar-refractivity contribution in [3.05, 3.63) is 52.7 Å². The van der Waals surface area contributed by atoms with Crippen LogP contribution >= 0.6 is 11.3 Å². The molecule has 0 unspecified atom stereocenters. The van der Waals surface area contributed by atoms with Gasteiger partial charge in [-0.15, -0.1) is 11.3 Å². The zero-order valence-electron chi connectivity index (χ0n) is 12.8. The van der Waals surface area contributed by atoms with Crippen LogP contribution in [0.1, 0.15) is 21.1 Å². The molecule has 0 saturated carbocycles. The van der Waals surface area contributed by atoms with Crippen molar-refractivity contribution in [3.8, 4) is 10.4 Å². The van der Waals surface area contributed by atoms with Crippen LogP contribution in [-0.4, -0.2) is 16.9 Å². The third kappa shape index (κ3) is 2.93. The van der Waals surface area contributed by atoms with Crippen LogP contribution in [0.3, 0.4) is 0 Å². The van der Waals surface area contributed by atoms with Gasteiger partial charge < -0.3 is 11.5 Å². The van der Waals surface area contributed by atoms with E-state index < -0.39 is 5.91 Å². The van der Waals surface area contributed by atoms with Gasteiger partial charge >= 0.3 is 0 Å². The first-order chi connectivity index (χ1) is 11.0. The molecule has 1 heterocycles. The van der Waals surface area contributed by atoms with E-state index in [4.69, 9.17) is 11.5 Å². The summed E-state index contributed by atoms with van der Waals surface area (Å²) in [4.78, 5) is 21.3. The van der Waals surface area contributed by atoms with Crippen molar-refractivity contribution in [2.24, 2.45) is 16.5 Å². The van der Waals surface area contributed by atoms with Crippen LogP contribution in [0, 0.1) is 13.8 Å². The third-order valence-corrected chi connectivity index (χ3v) is 4.61. The maximum Gasteiger partial charge on any atom is 0.280 e. The molecule has 0 aliphatic rings. The quantitative estimate of drug-likeness (QED) is 0.559. The largest absolute Gasteiger partial charge is 0.370 e. The minimum Gasteiger partial charge on any atom is -0.370 e. The molecule has 3 rings (SSSR count). The number of aliphatic imine (C=N–C) groups is 1. The van der Waals surface area contributed by atoms with Crippen molar-refractivity contribution < 1.29 is 4.79 Å². The van der Waals surface area contributed by atoms with Crippen LogP contribution in [0.4, 0.5) is 0 Å². The summed E-state index contributed by atoms with van der Waals surface area (Å²) in [7, 11) is 0. The SMILES string of the molecule is Cc1nc(C)c(-c2cccc3ccc(C(=O)N=C(N)N)cc23)s1. The van der Waals surface area contributed by atoms with Gasteiger partial charge in [0.05, 0.1) is 15.6 Å². The smallest absolute Gasteiger partial charge is 0.280 e. The Morgan fingerprint density at radius 3 is 2.61 bits per heavy atom. The predicted octanol–water partition coefficient (Wildman–Crippen LogP) is 2.99. The van der Waals surface area contributed by atoms with Gasteiger partial charge in [-0.25, -0.2) is 4.98 Å². The van der Waals surface area contributed by atoms with E-state index in [-0.39, 0.29) is 5.96 Å². The molecule has 4 N–H and O–H groups in total. The summed E-state index contributed by atoms with van der Waals surface area (Å²) in [5, 5.41) is 3.05. The first-order valence-electron chi connectivity index (χ1n) is 7.07. The molecular formula is C17H16N4OS. The summed E-state index contributed by atoms with van der Waals surface area (Å²) in [5.41, 5.74) is 13.1. The van der Waals surface area contributed by atoms with Crippen molar-refractivity contribution in [1.29, 1.82) is 0 Å². The molecule has 6 heteroatoms. The average Bonchev–Trinajstić information content (AvgIpc) is 2.84.